The van der Waals surface area contributed by atoms with Gasteiger partial charge in [-0.2, -0.15) is 0 Å². The van der Waals surface area contributed by atoms with Crippen LogP contribution >= 0.6 is 0 Å². The van der Waals surface area contributed by atoms with Gasteiger partial charge >= 0.3 is 0 Å². The number of pyridine rings is 1. The third-order valence-electron chi connectivity index (χ3n) is 2.94. The van der Waals surface area contributed by atoms with Crippen LogP contribution in [-0.2, 0) is 19.6 Å². The molecular weight excluding hydrogens is 252 g/mol. The molecule has 108 valence electrons. The van der Waals surface area contributed by atoms with Gasteiger partial charge in [0.25, 0.3) is 0 Å². The Morgan fingerprint density at radius 3 is 2.90 bits per heavy atom. The number of ether oxygens (including phenoxy) is 1. The van der Waals surface area contributed by atoms with Gasteiger partial charge in [0.05, 0.1) is 6.26 Å². The molecule has 0 spiro atoms. The summed E-state index contributed by atoms with van der Waals surface area (Å²) < 4.78 is 11.0. The van der Waals surface area contributed by atoms with Crippen molar-refractivity contribution in [3.63, 3.8) is 0 Å². The highest BCUT2D eigenvalue weighted by Crippen LogP contribution is 2.16. The van der Waals surface area contributed by atoms with Gasteiger partial charge in [0.2, 0.25) is 5.88 Å². The number of nitrogens with zero attached hydrogens (tertiary/aromatic N) is 1. The Morgan fingerprint density at radius 1 is 1.30 bits per heavy atom. The smallest absolute Gasteiger partial charge is 0.214 e. The molecule has 0 fully saturated rings. The second-order valence-corrected chi connectivity index (χ2v) is 4.70. The first-order valence-corrected chi connectivity index (χ1v) is 7.17. The molecule has 4 heteroatoms. The Bertz CT molecular complexity index is 509. The summed E-state index contributed by atoms with van der Waals surface area (Å²) in [5, 5.41) is 3.33. The van der Waals surface area contributed by atoms with E-state index in [0.29, 0.717) is 12.5 Å². The summed E-state index contributed by atoms with van der Waals surface area (Å²) in [6.45, 7) is 6.46. The molecule has 0 aliphatic carbocycles. The normalized spacial score (nSPS) is 10.7. The number of hydrogen-bond acceptors (Lipinski definition) is 4. The van der Waals surface area contributed by atoms with Gasteiger partial charge in [0, 0.05) is 18.3 Å². The molecular formula is C16H22N2O2. The maximum Gasteiger partial charge on any atom is 0.214 e. The summed E-state index contributed by atoms with van der Waals surface area (Å²) in [5.74, 6) is 1.47. The molecule has 2 aromatic rings. The van der Waals surface area contributed by atoms with Crippen LogP contribution in [0, 0.1) is 0 Å². The third kappa shape index (κ3) is 4.38. The van der Waals surface area contributed by atoms with Crippen molar-refractivity contribution in [2.75, 3.05) is 6.54 Å². The highest BCUT2D eigenvalue weighted by atomic mass is 16.5. The second kappa shape index (κ2) is 7.70. The minimum absolute atomic E-state index is 0.413. The van der Waals surface area contributed by atoms with Crippen molar-refractivity contribution in [1.29, 1.82) is 0 Å². The van der Waals surface area contributed by atoms with Crippen molar-refractivity contribution >= 4 is 0 Å². The summed E-state index contributed by atoms with van der Waals surface area (Å²) in [5.41, 5.74) is 2.29. The van der Waals surface area contributed by atoms with Crippen molar-refractivity contribution in [2.45, 2.75) is 39.8 Å². The summed E-state index contributed by atoms with van der Waals surface area (Å²) in [6, 6.07) is 7.89. The number of furan rings is 1. The fourth-order valence-electron chi connectivity index (χ4n) is 1.99. The molecule has 0 bridgehead atoms. The largest absolute Gasteiger partial charge is 0.469 e. The average Bonchev–Trinajstić information content (AvgIpc) is 2.96. The van der Waals surface area contributed by atoms with Gasteiger partial charge in [-0.25, -0.2) is 4.98 Å². The first-order chi connectivity index (χ1) is 9.81. The van der Waals surface area contributed by atoms with E-state index in [1.54, 1.807) is 6.26 Å². The van der Waals surface area contributed by atoms with Gasteiger partial charge in [0.1, 0.15) is 12.4 Å². The van der Waals surface area contributed by atoms with E-state index in [1.165, 1.54) is 5.56 Å². The van der Waals surface area contributed by atoms with E-state index in [9.17, 15) is 0 Å². The van der Waals surface area contributed by atoms with Crippen molar-refractivity contribution in [3.8, 4) is 5.88 Å². The molecule has 4 nitrogen and oxygen atoms in total. The van der Waals surface area contributed by atoms with Crippen LogP contribution in [0.3, 0.4) is 0 Å². The summed E-state index contributed by atoms with van der Waals surface area (Å²) in [7, 11) is 0. The summed E-state index contributed by atoms with van der Waals surface area (Å²) in [4.78, 5) is 4.54. The number of rotatable bonds is 8. The van der Waals surface area contributed by atoms with Crippen molar-refractivity contribution < 1.29 is 9.15 Å². The van der Waals surface area contributed by atoms with Gasteiger partial charge in [-0.1, -0.05) is 20.3 Å². The zero-order valence-electron chi connectivity index (χ0n) is 12.2. The predicted octanol–water partition coefficient (Wildman–Crippen LogP) is 3.32. The standard InChI is InChI=1S/C16H22N2O2/c1-3-6-14-9-13(11-17-4-2)10-16(18-14)20-12-15-7-5-8-19-15/h5,7-10,17H,3-4,6,11-12H2,1-2H3. The maximum atomic E-state index is 5.73. The highest BCUT2D eigenvalue weighted by Gasteiger charge is 2.05. The van der Waals surface area contributed by atoms with Crippen molar-refractivity contribution in [3.05, 3.63) is 47.5 Å². The molecule has 0 radical (unpaired) electrons. The SMILES string of the molecule is CCCc1cc(CNCC)cc(OCc2ccco2)n1. The van der Waals surface area contributed by atoms with E-state index in [0.717, 1.165) is 37.4 Å². The lowest BCUT2D eigenvalue weighted by molar-refractivity contribution is 0.259. The number of nitrogens with one attached hydrogen (secondary N) is 1. The van der Waals surface area contributed by atoms with Crippen LogP contribution in [0.2, 0.25) is 0 Å². The van der Waals surface area contributed by atoms with Gasteiger partial charge in [-0.05, 0) is 36.7 Å². The molecule has 0 unspecified atom stereocenters. The van der Waals surface area contributed by atoms with Gasteiger partial charge in [0.15, 0.2) is 0 Å². The van der Waals surface area contributed by atoms with Gasteiger partial charge < -0.3 is 14.5 Å². The zero-order valence-corrected chi connectivity index (χ0v) is 12.2. The lowest BCUT2D eigenvalue weighted by atomic mass is 10.1. The van der Waals surface area contributed by atoms with E-state index in [-0.39, 0.29) is 0 Å². The average molecular weight is 274 g/mol. The molecule has 0 atom stereocenters. The van der Waals surface area contributed by atoms with E-state index in [1.807, 2.05) is 18.2 Å². The summed E-state index contributed by atoms with van der Waals surface area (Å²) >= 11 is 0. The fraction of sp³-hybridized carbons (Fsp3) is 0.438. The Morgan fingerprint density at radius 2 is 2.20 bits per heavy atom. The summed E-state index contributed by atoms with van der Waals surface area (Å²) in [6.07, 6.45) is 3.70. The molecule has 2 heterocycles. The van der Waals surface area contributed by atoms with Crippen LogP contribution in [0.25, 0.3) is 0 Å². The Kier molecular flexibility index (Phi) is 5.62. The quantitative estimate of drug-likeness (QED) is 0.802. The number of aryl methyl sites for hydroxylation is 1. The first-order valence-electron chi connectivity index (χ1n) is 7.17. The molecule has 0 aromatic carbocycles. The Labute approximate surface area is 120 Å². The monoisotopic (exact) mass is 274 g/mol. The van der Waals surface area contributed by atoms with Crippen LogP contribution < -0.4 is 10.1 Å². The lowest BCUT2D eigenvalue weighted by Gasteiger charge is -2.09. The van der Waals surface area contributed by atoms with Crippen LogP contribution in [0.5, 0.6) is 5.88 Å². The predicted molar refractivity (Wildman–Crippen MR) is 78.7 cm³/mol. The molecule has 0 aliphatic heterocycles. The first kappa shape index (κ1) is 14.6. The molecule has 0 amide bonds. The topological polar surface area (TPSA) is 47.3 Å². The molecule has 0 saturated carbocycles. The third-order valence-corrected chi connectivity index (χ3v) is 2.94. The molecule has 2 rings (SSSR count). The van der Waals surface area contributed by atoms with Gasteiger partial charge in [-0.3, -0.25) is 0 Å². The number of hydrogen-bond donors (Lipinski definition) is 1. The van der Waals surface area contributed by atoms with E-state index in [2.05, 4.69) is 30.2 Å². The molecule has 0 saturated heterocycles. The highest BCUT2D eigenvalue weighted by molar-refractivity contribution is 5.25. The fourth-order valence-corrected chi connectivity index (χ4v) is 1.99. The maximum absolute atomic E-state index is 5.73. The second-order valence-electron chi connectivity index (χ2n) is 4.70. The molecule has 0 aliphatic rings. The Balaban J connectivity index is 2.06. The van der Waals surface area contributed by atoms with Crippen LogP contribution in [0.4, 0.5) is 0 Å². The van der Waals surface area contributed by atoms with Crippen LogP contribution in [0.15, 0.2) is 34.9 Å². The van der Waals surface area contributed by atoms with Crippen LogP contribution in [-0.4, -0.2) is 11.5 Å². The molecule has 20 heavy (non-hydrogen) atoms. The minimum atomic E-state index is 0.413. The van der Waals surface area contributed by atoms with Gasteiger partial charge in [-0.15, -0.1) is 0 Å². The van der Waals surface area contributed by atoms with E-state index in [4.69, 9.17) is 9.15 Å². The van der Waals surface area contributed by atoms with E-state index >= 15 is 0 Å². The number of aromatic nitrogens is 1. The van der Waals surface area contributed by atoms with Crippen LogP contribution in [0.1, 0.15) is 37.3 Å². The van der Waals surface area contributed by atoms with E-state index < -0.39 is 0 Å². The lowest BCUT2D eigenvalue weighted by Crippen LogP contribution is -2.12. The minimum Gasteiger partial charge on any atom is -0.469 e. The zero-order chi connectivity index (χ0) is 14.2. The van der Waals surface area contributed by atoms with Crippen molar-refractivity contribution in [2.24, 2.45) is 0 Å². The molecule has 1 N–H and O–H groups in total. The molecule has 2 aromatic heterocycles. The van der Waals surface area contributed by atoms with Crippen molar-refractivity contribution in [1.82, 2.24) is 10.3 Å². The Hall–Kier alpha value is -1.81.